The van der Waals surface area contributed by atoms with Crippen molar-refractivity contribution >= 4 is 12.9 Å². The highest BCUT2D eigenvalue weighted by Gasteiger charge is 2.35. The fourth-order valence-electron chi connectivity index (χ4n) is 0.964. The number of nitrogens with one attached hydrogen (secondary N) is 1. The summed E-state index contributed by atoms with van der Waals surface area (Å²) in [6.07, 6.45) is 1.82. The number of H-pyrrole nitrogens is 1. The van der Waals surface area contributed by atoms with Crippen LogP contribution in [-0.4, -0.2) is 34.0 Å². The summed E-state index contributed by atoms with van der Waals surface area (Å²) in [5.41, 5.74) is 0.496. The number of aryl methyl sites for hydroxylation is 1. The summed E-state index contributed by atoms with van der Waals surface area (Å²) in [4.78, 5) is 0. The Morgan fingerprint density at radius 2 is 2.00 bits per heavy atom. The lowest BCUT2D eigenvalue weighted by Crippen LogP contribution is -2.49. The van der Waals surface area contributed by atoms with E-state index in [1.165, 1.54) is 0 Å². The van der Waals surface area contributed by atoms with Crippen LogP contribution in [0.1, 0.15) is 33.4 Å². The molecule has 0 aliphatic rings. The maximum absolute atomic E-state index is 9.89. The van der Waals surface area contributed by atoms with Gasteiger partial charge in [-0.1, -0.05) is 0 Å². The summed E-state index contributed by atoms with van der Waals surface area (Å²) in [6.45, 7) is 9.17. The minimum absolute atomic E-state index is 0.458. The molecule has 0 saturated carbocycles. The highest BCUT2D eigenvalue weighted by Crippen LogP contribution is 2.24. The fraction of sp³-hybridized carbons (Fsp3) is 0.700. The zero-order valence-electron chi connectivity index (χ0n) is 10.1. The zero-order valence-corrected chi connectivity index (χ0v) is 10.1. The van der Waals surface area contributed by atoms with Gasteiger partial charge in [-0.15, -0.1) is 0 Å². The van der Waals surface area contributed by atoms with Crippen LogP contribution < -0.4 is 5.46 Å². The first-order valence-corrected chi connectivity index (χ1v) is 5.09. The van der Waals surface area contributed by atoms with Crippen LogP contribution >= 0.6 is 0 Å². The molecule has 5 heteroatoms. The van der Waals surface area contributed by atoms with Crippen molar-refractivity contribution in [1.82, 2.24) is 10.2 Å². The smallest absolute Gasteiger partial charge is 0.312 e. The molecule has 1 aromatic heterocycles. The number of hydrogen-bond donors (Lipinski definition) is 2. The second-order valence-electron chi connectivity index (χ2n) is 4.85. The van der Waals surface area contributed by atoms with Crippen LogP contribution in [0.25, 0.3) is 0 Å². The first kappa shape index (κ1) is 12.3. The molecule has 0 aliphatic heterocycles. The Bertz CT molecular complexity index is 328. The van der Waals surface area contributed by atoms with Crippen molar-refractivity contribution in [3.8, 4) is 0 Å². The highest BCUT2D eigenvalue weighted by molar-refractivity contribution is 6.47. The lowest BCUT2D eigenvalue weighted by Gasteiger charge is -2.37. The lowest BCUT2D eigenvalue weighted by molar-refractivity contribution is -0.0893. The van der Waals surface area contributed by atoms with E-state index in [0.29, 0.717) is 7.48 Å². The molecular weight excluding hydrogens is 191 g/mol. The quantitative estimate of drug-likeness (QED) is 0.701. The predicted octanol–water partition coefficient (Wildman–Crippen LogP) is 0.261. The summed E-state index contributed by atoms with van der Waals surface area (Å²) in [5.74, 6) is 0. The maximum atomic E-state index is 9.89. The Kier molecular flexibility index (Phi) is 3.26. The molecule has 0 aliphatic carbocycles. The second-order valence-corrected chi connectivity index (χ2v) is 4.85. The number of aromatic amines is 1. The van der Waals surface area contributed by atoms with Gasteiger partial charge in [0.1, 0.15) is 0 Å². The Morgan fingerprint density at radius 1 is 1.40 bits per heavy atom. The third kappa shape index (κ3) is 2.82. The number of rotatable bonds is 4. The van der Waals surface area contributed by atoms with Crippen LogP contribution in [-0.2, 0) is 4.65 Å². The molecule has 0 saturated heterocycles. The van der Waals surface area contributed by atoms with Gasteiger partial charge in [0, 0.05) is 6.20 Å². The van der Waals surface area contributed by atoms with E-state index in [1.54, 1.807) is 13.8 Å². The summed E-state index contributed by atoms with van der Waals surface area (Å²) in [6, 6.07) is 0. The van der Waals surface area contributed by atoms with Crippen LogP contribution in [0, 0.1) is 6.92 Å². The van der Waals surface area contributed by atoms with Gasteiger partial charge < -0.3 is 9.76 Å². The molecule has 84 valence electrons. The third-order valence-corrected chi connectivity index (χ3v) is 3.00. The monoisotopic (exact) mass is 210 g/mol. The number of nitrogens with zero attached hydrogens (tertiary/aromatic N) is 1. The molecule has 0 unspecified atom stereocenters. The molecule has 0 atom stereocenters. The topological polar surface area (TPSA) is 58.1 Å². The minimum atomic E-state index is -0.870. The van der Waals surface area contributed by atoms with Gasteiger partial charge in [-0.2, -0.15) is 5.10 Å². The first-order chi connectivity index (χ1) is 6.74. The molecule has 2 N–H and O–H groups in total. The minimum Gasteiger partial charge on any atom is -0.427 e. The largest absolute Gasteiger partial charge is 0.427 e. The van der Waals surface area contributed by atoms with Gasteiger partial charge in [-0.25, -0.2) is 0 Å². The average molecular weight is 210 g/mol. The van der Waals surface area contributed by atoms with Crippen LogP contribution in [0.3, 0.4) is 0 Å². The second kappa shape index (κ2) is 3.98. The van der Waals surface area contributed by atoms with Gasteiger partial charge in [0.25, 0.3) is 0 Å². The molecule has 1 rings (SSSR count). The van der Waals surface area contributed by atoms with Crippen molar-refractivity contribution in [1.29, 1.82) is 0 Å². The molecule has 1 heterocycles. The average Bonchev–Trinajstić information content (AvgIpc) is 2.46. The summed E-state index contributed by atoms with van der Waals surface area (Å²) < 4.78 is 5.71. The number of hydrogen-bond acceptors (Lipinski definition) is 3. The Morgan fingerprint density at radius 3 is 2.40 bits per heavy atom. The highest BCUT2D eigenvalue weighted by atomic mass is 16.5. The van der Waals surface area contributed by atoms with E-state index in [2.05, 4.69) is 10.2 Å². The molecule has 0 spiro atoms. The Hall–Kier alpha value is -0.805. The molecule has 15 heavy (non-hydrogen) atoms. The fourth-order valence-corrected chi connectivity index (χ4v) is 0.964. The normalized spacial score (nSPS) is 12.9. The Balaban J connectivity index is 2.61. The summed E-state index contributed by atoms with van der Waals surface area (Å²) >= 11 is 0. The molecule has 4 nitrogen and oxygen atoms in total. The number of aromatic nitrogens is 2. The molecule has 0 fully saturated rings. The zero-order chi connectivity index (χ0) is 11.7. The van der Waals surface area contributed by atoms with Crippen LogP contribution in [0.15, 0.2) is 6.20 Å². The molecule has 0 radical (unpaired) electrons. The lowest BCUT2D eigenvalue weighted by atomic mass is 9.83. The van der Waals surface area contributed by atoms with Gasteiger partial charge in [0.05, 0.1) is 16.9 Å². The molecule has 0 aromatic carbocycles. The van der Waals surface area contributed by atoms with Crippen LogP contribution in [0.5, 0.6) is 0 Å². The van der Waals surface area contributed by atoms with Crippen molar-refractivity contribution in [3.63, 3.8) is 0 Å². The van der Waals surface area contributed by atoms with Gasteiger partial charge in [-0.05, 0) is 40.1 Å². The maximum Gasteiger partial charge on any atom is 0.312 e. The SMILES string of the molecule is Cc1n[nH]cc1BOC(C)(C)C(C)(C)O. The van der Waals surface area contributed by atoms with Gasteiger partial charge >= 0.3 is 7.48 Å². The van der Waals surface area contributed by atoms with E-state index in [9.17, 15) is 5.11 Å². The van der Waals surface area contributed by atoms with Gasteiger partial charge in [0.2, 0.25) is 0 Å². The van der Waals surface area contributed by atoms with E-state index in [0.717, 1.165) is 11.2 Å². The van der Waals surface area contributed by atoms with E-state index >= 15 is 0 Å². The van der Waals surface area contributed by atoms with Gasteiger partial charge in [0.15, 0.2) is 0 Å². The van der Waals surface area contributed by atoms with E-state index in [1.807, 2.05) is 27.0 Å². The standard InChI is InChI=1S/C10H19BN2O2/c1-7-8(6-12-13-7)11-15-10(4,5)9(2,3)14/h6,11,14H,1-5H3,(H,12,13). The number of aliphatic hydroxyl groups is 1. The summed E-state index contributed by atoms with van der Waals surface area (Å²) in [7, 11) is 0.458. The predicted molar refractivity (Wildman–Crippen MR) is 61.6 cm³/mol. The van der Waals surface area contributed by atoms with E-state index in [4.69, 9.17) is 4.65 Å². The van der Waals surface area contributed by atoms with E-state index in [-0.39, 0.29) is 0 Å². The van der Waals surface area contributed by atoms with Gasteiger partial charge in [-0.3, -0.25) is 5.10 Å². The molecule has 1 aromatic rings. The van der Waals surface area contributed by atoms with Crippen LogP contribution in [0.2, 0.25) is 0 Å². The molecular formula is C10H19BN2O2. The van der Waals surface area contributed by atoms with Crippen molar-refractivity contribution < 1.29 is 9.76 Å². The summed E-state index contributed by atoms with van der Waals surface area (Å²) in [5, 5.41) is 16.7. The van der Waals surface area contributed by atoms with Crippen molar-refractivity contribution in [2.24, 2.45) is 0 Å². The first-order valence-electron chi connectivity index (χ1n) is 5.09. The molecule has 0 amide bonds. The van der Waals surface area contributed by atoms with Crippen molar-refractivity contribution in [2.45, 2.75) is 45.8 Å². The Labute approximate surface area is 91.3 Å². The van der Waals surface area contributed by atoms with Crippen LogP contribution in [0.4, 0.5) is 0 Å². The molecule has 0 bridgehead atoms. The van der Waals surface area contributed by atoms with E-state index < -0.39 is 11.2 Å². The third-order valence-electron chi connectivity index (χ3n) is 3.00. The van der Waals surface area contributed by atoms with Crippen molar-refractivity contribution in [3.05, 3.63) is 11.9 Å². The van der Waals surface area contributed by atoms with Crippen molar-refractivity contribution in [2.75, 3.05) is 0 Å².